The number of carbonyl (C=O) groups excluding carboxylic acids is 1. The Morgan fingerprint density at radius 1 is 1.32 bits per heavy atom. The zero-order valence-corrected chi connectivity index (χ0v) is 13.2. The Morgan fingerprint density at radius 3 is 2.68 bits per heavy atom. The molecule has 118 valence electrons. The van der Waals surface area contributed by atoms with E-state index in [1.807, 2.05) is 49.0 Å². The molecule has 1 aromatic carbocycles. The minimum atomic E-state index is -0.455. The second-order valence-electron chi connectivity index (χ2n) is 5.60. The highest BCUT2D eigenvalue weighted by molar-refractivity contribution is 5.81. The monoisotopic (exact) mass is 300 g/mol. The van der Waals surface area contributed by atoms with Gasteiger partial charge in [0.2, 0.25) is 5.91 Å². The van der Waals surface area contributed by atoms with Crippen molar-refractivity contribution in [3.63, 3.8) is 0 Å². The van der Waals surface area contributed by atoms with Crippen molar-refractivity contribution in [2.75, 3.05) is 0 Å². The number of hydrogen-bond acceptors (Lipinski definition) is 3. The van der Waals surface area contributed by atoms with Crippen LogP contribution < -0.4 is 11.1 Å². The summed E-state index contributed by atoms with van der Waals surface area (Å²) in [7, 11) is 0. The van der Waals surface area contributed by atoms with Crippen LogP contribution in [0.4, 0.5) is 0 Å². The third kappa shape index (κ3) is 4.18. The van der Waals surface area contributed by atoms with E-state index in [-0.39, 0.29) is 11.8 Å². The van der Waals surface area contributed by atoms with Gasteiger partial charge in [-0.1, -0.05) is 44.5 Å². The van der Waals surface area contributed by atoms with Crippen molar-refractivity contribution < 1.29 is 4.79 Å². The van der Waals surface area contributed by atoms with Crippen LogP contribution in [0.25, 0.3) is 0 Å². The van der Waals surface area contributed by atoms with E-state index in [4.69, 9.17) is 5.73 Å². The van der Waals surface area contributed by atoms with Crippen LogP contribution in [0.2, 0.25) is 0 Å². The van der Waals surface area contributed by atoms with E-state index < -0.39 is 6.04 Å². The fourth-order valence-electron chi connectivity index (χ4n) is 2.27. The van der Waals surface area contributed by atoms with Gasteiger partial charge >= 0.3 is 0 Å². The van der Waals surface area contributed by atoms with E-state index >= 15 is 0 Å². The topological polar surface area (TPSA) is 72.9 Å². The first-order chi connectivity index (χ1) is 10.6. The minimum absolute atomic E-state index is 0.0942. The quantitative estimate of drug-likeness (QED) is 0.820. The van der Waals surface area contributed by atoms with Crippen LogP contribution in [0.5, 0.6) is 0 Å². The average molecular weight is 300 g/mol. The molecular weight excluding hydrogens is 276 g/mol. The number of rotatable bonds is 7. The molecule has 1 amide bonds. The van der Waals surface area contributed by atoms with Crippen molar-refractivity contribution in [2.45, 2.75) is 39.4 Å². The lowest BCUT2D eigenvalue weighted by Crippen LogP contribution is -2.44. The van der Waals surface area contributed by atoms with E-state index in [0.29, 0.717) is 13.1 Å². The van der Waals surface area contributed by atoms with Gasteiger partial charge in [-0.05, 0) is 23.1 Å². The van der Waals surface area contributed by atoms with Crippen molar-refractivity contribution in [2.24, 2.45) is 11.7 Å². The minimum Gasteiger partial charge on any atom is -0.351 e. The lowest BCUT2D eigenvalue weighted by molar-refractivity contribution is -0.123. The van der Waals surface area contributed by atoms with E-state index in [0.717, 1.165) is 17.5 Å². The molecule has 0 bridgehead atoms. The Balaban J connectivity index is 1.99. The lowest BCUT2D eigenvalue weighted by Gasteiger charge is -2.18. The number of benzene rings is 1. The fourth-order valence-corrected chi connectivity index (χ4v) is 2.27. The molecule has 2 aromatic rings. The molecule has 0 spiro atoms. The maximum absolute atomic E-state index is 12.1. The predicted molar refractivity (Wildman–Crippen MR) is 87.0 cm³/mol. The Labute approximate surface area is 131 Å². The molecule has 0 saturated carbocycles. The van der Waals surface area contributed by atoms with Gasteiger partial charge < -0.3 is 11.1 Å². The molecule has 5 heteroatoms. The van der Waals surface area contributed by atoms with Gasteiger partial charge in [0.15, 0.2) is 0 Å². The largest absolute Gasteiger partial charge is 0.351 e. The molecule has 22 heavy (non-hydrogen) atoms. The molecule has 1 heterocycles. The number of nitrogens with two attached hydrogens (primary N) is 1. The van der Waals surface area contributed by atoms with E-state index in [9.17, 15) is 4.79 Å². The molecule has 0 saturated heterocycles. The van der Waals surface area contributed by atoms with Gasteiger partial charge in [-0.25, -0.2) is 0 Å². The van der Waals surface area contributed by atoms with Gasteiger partial charge in [0.05, 0.1) is 12.6 Å². The molecule has 5 nitrogen and oxygen atoms in total. The summed E-state index contributed by atoms with van der Waals surface area (Å²) in [5.41, 5.74) is 8.19. The zero-order chi connectivity index (χ0) is 15.9. The summed E-state index contributed by atoms with van der Waals surface area (Å²) in [5.74, 6) is 0.0857. The summed E-state index contributed by atoms with van der Waals surface area (Å²) in [6, 6.07) is 9.49. The molecule has 0 aliphatic carbocycles. The van der Waals surface area contributed by atoms with E-state index in [1.54, 1.807) is 6.20 Å². The zero-order valence-electron chi connectivity index (χ0n) is 13.2. The Kier molecular flexibility index (Phi) is 5.72. The summed E-state index contributed by atoms with van der Waals surface area (Å²) < 4.78 is 1.87. The summed E-state index contributed by atoms with van der Waals surface area (Å²) in [5, 5.41) is 7.16. The normalized spacial score (nSPS) is 13.6. The van der Waals surface area contributed by atoms with Crippen molar-refractivity contribution in [3.8, 4) is 0 Å². The van der Waals surface area contributed by atoms with Crippen LogP contribution in [0.1, 0.15) is 31.4 Å². The number of hydrogen-bond donors (Lipinski definition) is 2. The molecule has 2 unspecified atom stereocenters. The van der Waals surface area contributed by atoms with Gasteiger partial charge in [0.25, 0.3) is 0 Å². The highest BCUT2D eigenvalue weighted by Gasteiger charge is 2.19. The van der Waals surface area contributed by atoms with Crippen molar-refractivity contribution >= 4 is 5.91 Å². The number of nitrogens with one attached hydrogen (secondary N) is 1. The maximum atomic E-state index is 12.1. The number of nitrogens with zero attached hydrogens (tertiary/aromatic N) is 2. The summed E-state index contributed by atoms with van der Waals surface area (Å²) in [6.07, 6.45) is 4.58. The van der Waals surface area contributed by atoms with Gasteiger partial charge in [-0.3, -0.25) is 9.48 Å². The van der Waals surface area contributed by atoms with E-state index in [1.165, 1.54) is 0 Å². The Bertz CT molecular complexity index is 594. The molecule has 0 fully saturated rings. The highest BCUT2D eigenvalue weighted by atomic mass is 16.2. The molecule has 2 rings (SSSR count). The number of amides is 1. The van der Waals surface area contributed by atoms with Gasteiger partial charge in [0, 0.05) is 18.9 Å². The smallest absolute Gasteiger partial charge is 0.237 e. The summed E-state index contributed by atoms with van der Waals surface area (Å²) >= 11 is 0. The molecule has 0 radical (unpaired) electrons. The standard InChI is InChI=1S/C17H24N4O/c1-3-13(2)16(18)17(22)19-11-14-7-4-5-8-15(14)12-21-10-6-9-20-21/h4-10,13,16H,3,11-12,18H2,1-2H3,(H,19,22). The molecule has 0 aliphatic rings. The summed E-state index contributed by atoms with van der Waals surface area (Å²) in [4.78, 5) is 12.1. The van der Waals surface area contributed by atoms with Gasteiger partial charge in [0.1, 0.15) is 0 Å². The number of aromatic nitrogens is 2. The fraction of sp³-hybridized carbons (Fsp3) is 0.412. The molecule has 3 N–H and O–H groups in total. The summed E-state index contributed by atoms with van der Waals surface area (Å²) in [6.45, 7) is 5.21. The van der Waals surface area contributed by atoms with E-state index in [2.05, 4.69) is 16.5 Å². The molecule has 0 aliphatic heterocycles. The van der Waals surface area contributed by atoms with Crippen molar-refractivity contribution in [1.29, 1.82) is 0 Å². The maximum Gasteiger partial charge on any atom is 0.237 e. The number of carbonyl (C=O) groups is 1. The van der Waals surface area contributed by atoms with Crippen LogP contribution in [-0.2, 0) is 17.9 Å². The van der Waals surface area contributed by atoms with Crippen molar-refractivity contribution in [1.82, 2.24) is 15.1 Å². The first-order valence-electron chi connectivity index (χ1n) is 7.69. The first-order valence-corrected chi connectivity index (χ1v) is 7.69. The third-order valence-corrected chi connectivity index (χ3v) is 4.02. The molecular formula is C17H24N4O. The average Bonchev–Trinajstić information content (AvgIpc) is 3.05. The van der Waals surface area contributed by atoms with Crippen LogP contribution in [0.15, 0.2) is 42.7 Å². The van der Waals surface area contributed by atoms with Crippen LogP contribution >= 0.6 is 0 Å². The second kappa shape index (κ2) is 7.75. The first kappa shape index (κ1) is 16.2. The predicted octanol–water partition coefficient (Wildman–Crippen LogP) is 1.92. The van der Waals surface area contributed by atoms with Crippen LogP contribution in [0.3, 0.4) is 0 Å². The molecule has 1 aromatic heterocycles. The van der Waals surface area contributed by atoms with Crippen molar-refractivity contribution in [3.05, 3.63) is 53.9 Å². The Morgan fingerprint density at radius 2 is 2.05 bits per heavy atom. The van der Waals surface area contributed by atoms with Crippen LogP contribution in [-0.4, -0.2) is 21.7 Å². The van der Waals surface area contributed by atoms with Gasteiger partial charge in [-0.2, -0.15) is 5.10 Å². The Hall–Kier alpha value is -2.14. The van der Waals surface area contributed by atoms with Gasteiger partial charge in [-0.15, -0.1) is 0 Å². The molecule has 2 atom stereocenters. The highest BCUT2D eigenvalue weighted by Crippen LogP contribution is 2.11. The van der Waals surface area contributed by atoms with Crippen LogP contribution in [0, 0.1) is 5.92 Å². The SMILES string of the molecule is CCC(C)C(N)C(=O)NCc1ccccc1Cn1cccn1. The second-order valence-corrected chi connectivity index (χ2v) is 5.60. The lowest BCUT2D eigenvalue weighted by atomic mass is 9.99. The third-order valence-electron chi connectivity index (χ3n) is 4.02.